The van der Waals surface area contributed by atoms with Crippen LogP contribution in [0.3, 0.4) is 0 Å². The van der Waals surface area contributed by atoms with Crippen molar-refractivity contribution in [1.82, 2.24) is 20.6 Å². The van der Waals surface area contributed by atoms with Gasteiger partial charge in [0, 0.05) is 35.4 Å². The van der Waals surface area contributed by atoms with Crippen molar-refractivity contribution in [3.63, 3.8) is 0 Å². The molecule has 0 atom stereocenters. The molecule has 3 N–H and O–H groups in total. The second-order valence-corrected chi connectivity index (χ2v) is 7.12. The summed E-state index contributed by atoms with van der Waals surface area (Å²) in [6.07, 6.45) is 5.77. The smallest absolute Gasteiger partial charge is 0.253 e. The molecule has 1 aliphatic rings. The lowest BCUT2D eigenvalue weighted by molar-refractivity contribution is 0.0946. The number of carbonyl (C=O) groups excluding carboxylic acids is 1. The normalized spacial score (nSPS) is 15.3. The van der Waals surface area contributed by atoms with Gasteiger partial charge in [0.05, 0.1) is 5.56 Å². The van der Waals surface area contributed by atoms with Gasteiger partial charge in [-0.2, -0.15) is 0 Å². The molecule has 5 nitrogen and oxygen atoms in total. The molecule has 1 aliphatic heterocycles. The number of rotatable bonds is 4. The Morgan fingerprint density at radius 2 is 2.00 bits per heavy atom. The maximum absolute atomic E-state index is 12.6. The number of nitrogens with zero attached hydrogens (tertiary/aromatic N) is 1. The van der Waals surface area contributed by atoms with Gasteiger partial charge in [0.25, 0.3) is 5.91 Å². The first kappa shape index (κ1) is 17.1. The number of carbonyl (C=O) groups is 1. The maximum atomic E-state index is 12.6. The van der Waals surface area contributed by atoms with E-state index in [0.29, 0.717) is 16.6 Å². The number of amides is 1. The quantitative estimate of drug-likeness (QED) is 0.616. The van der Waals surface area contributed by atoms with E-state index in [1.807, 2.05) is 24.3 Å². The molecule has 3 aromatic rings. The monoisotopic (exact) mass is 368 g/mol. The number of pyridine rings is 1. The van der Waals surface area contributed by atoms with Crippen molar-refractivity contribution < 1.29 is 4.79 Å². The molecule has 6 heteroatoms. The van der Waals surface area contributed by atoms with Crippen LogP contribution in [0.2, 0.25) is 5.15 Å². The predicted molar refractivity (Wildman–Crippen MR) is 104 cm³/mol. The van der Waals surface area contributed by atoms with Crippen molar-refractivity contribution in [1.29, 1.82) is 0 Å². The summed E-state index contributed by atoms with van der Waals surface area (Å²) >= 11 is 5.85. The van der Waals surface area contributed by atoms with E-state index in [9.17, 15) is 4.79 Å². The highest BCUT2D eigenvalue weighted by molar-refractivity contribution is 6.29. The molecular formula is C20H21ClN4O. The Hall–Kier alpha value is -2.37. The van der Waals surface area contributed by atoms with Crippen molar-refractivity contribution in [2.75, 3.05) is 19.6 Å². The van der Waals surface area contributed by atoms with Gasteiger partial charge >= 0.3 is 0 Å². The van der Waals surface area contributed by atoms with E-state index in [1.54, 1.807) is 18.5 Å². The average molecular weight is 369 g/mol. The molecule has 0 radical (unpaired) electrons. The summed E-state index contributed by atoms with van der Waals surface area (Å²) in [5.41, 5.74) is 3.65. The molecule has 1 aromatic carbocycles. The molecule has 0 saturated carbocycles. The van der Waals surface area contributed by atoms with E-state index in [-0.39, 0.29) is 5.91 Å². The average Bonchev–Trinajstić information content (AvgIpc) is 3.11. The fourth-order valence-corrected chi connectivity index (χ4v) is 3.57. The van der Waals surface area contributed by atoms with Crippen LogP contribution in [0.15, 0.2) is 42.7 Å². The van der Waals surface area contributed by atoms with Crippen LogP contribution < -0.4 is 10.6 Å². The first-order chi connectivity index (χ1) is 12.7. The third-order valence-corrected chi connectivity index (χ3v) is 5.22. The van der Waals surface area contributed by atoms with Crippen molar-refractivity contribution in [3.05, 3.63) is 53.4 Å². The highest BCUT2D eigenvalue weighted by Gasteiger charge is 2.16. The van der Waals surface area contributed by atoms with E-state index in [2.05, 4.69) is 20.6 Å². The zero-order chi connectivity index (χ0) is 17.9. The SMILES string of the molecule is O=C(NCC1CCNCC1)c1c[nH]c2cc(-c3ccc(Cl)nc3)ccc12. The van der Waals surface area contributed by atoms with Gasteiger partial charge in [-0.25, -0.2) is 4.98 Å². The second-order valence-electron chi connectivity index (χ2n) is 6.74. The lowest BCUT2D eigenvalue weighted by Gasteiger charge is -2.22. The molecule has 1 fully saturated rings. The molecule has 4 rings (SSSR count). The number of piperidine rings is 1. The Balaban J connectivity index is 1.51. The number of nitrogens with one attached hydrogen (secondary N) is 3. The van der Waals surface area contributed by atoms with Crippen LogP contribution in [-0.4, -0.2) is 35.5 Å². The third-order valence-electron chi connectivity index (χ3n) is 5.00. The zero-order valence-electron chi connectivity index (χ0n) is 14.4. The summed E-state index contributed by atoms with van der Waals surface area (Å²) in [4.78, 5) is 19.9. The minimum absolute atomic E-state index is 0.0179. The highest BCUT2D eigenvalue weighted by atomic mass is 35.5. The van der Waals surface area contributed by atoms with Gasteiger partial charge in [-0.15, -0.1) is 0 Å². The van der Waals surface area contributed by atoms with Crippen molar-refractivity contribution in [2.24, 2.45) is 5.92 Å². The number of halogens is 1. The van der Waals surface area contributed by atoms with Crippen LogP contribution in [0.4, 0.5) is 0 Å². The summed E-state index contributed by atoms with van der Waals surface area (Å²) in [5, 5.41) is 7.84. The van der Waals surface area contributed by atoms with E-state index >= 15 is 0 Å². The van der Waals surface area contributed by atoms with E-state index in [4.69, 9.17) is 11.6 Å². The molecule has 0 unspecified atom stereocenters. The minimum atomic E-state index is -0.0179. The summed E-state index contributed by atoms with van der Waals surface area (Å²) in [6, 6.07) is 9.73. The lowest BCUT2D eigenvalue weighted by atomic mass is 9.98. The van der Waals surface area contributed by atoms with E-state index < -0.39 is 0 Å². The van der Waals surface area contributed by atoms with Gasteiger partial charge < -0.3 is 15.6 Å². The molecule has 0 aliphatic carbocycles. The number of hydrogen-bond donors (Lipinski definition) is 3. The lowest BCUT2D eigenvalue weighted by Crippen LogP contribution is -2.35. The number of fused-ring (bicyclic) bond motifs is 1. The first-order valence-corrected chi connectivity index (χ1v) is 9.30. The third kappa shape index (κ3) is 3.59. The van der Waals surface area contributed by atoms with E-state index in [1.165, 1.54) is 0 Å². The first-order valence-electron chi connectivity index (χ1n) is 8.93. The Bertz CT molecular complexity index is 913. The Morgan fingerprint density at radius 3 is 2.77 bits per heavy atom. The van der Waals surface area contributed by atoms with Gasteiger partial charge in [0.2, 0.25) is 0 Å². The largest absolute Gasteiger partial charge is 0.360 e. The van der Waals surface area contributed by atoms with Gasteiger partial charge in [0.15, 0.2) is 0 Å². The number of aromatic nitrogens is 2. The topological polar surface area (TPSA) is 69.8 Å². The van der Waals surface area contributed by atoms with Crippen LogP contribution in [0.1, 0.15) is 23.2 Å². The standard InChI is InChI=1S/C20H21ClN4O/c21-19-4-2-15(11-24-19)14-1-3-16-17(12-23-18(16)9-14)20(26)25-10-13-5-7-22-8-6-13/h1-4,9,11-13,22-23H,5-8,10H2,(H,25,26). The van der Waals surface area contributed by atoms with Crippen LogP contribution in [0.5, 0.6) is 0 Å². The molecule has 3 heterocycles. The van der Waals surface area contributed by atoms with Crippen LogP contribution in [0, 0.1) is 5.92 Å². The number of aromatic amines is 1. The number of benzene rings is 1. The predicted octanol–water partition coefficient (Wildman–Crippen LogP) is 3.61. The summed E-state index contributed by atoms with van der Waals surface area (Å²) in [7, 11) is 0. The molecule has 134 valence electrons. The van der Waals surface area contributed by atoms with Gasteiger partial charge in [-0.1, -0.05) is 23.7 Å². The fourth-order valence-electron chi connectivity index (χ4n) is 3.46. The Morgan fingerprint density at radius 1 is 1.19 bits per heavy atom. The van der Waals surface area contributed by atoms with E-state index in [0.717, 1.165) is 54.5 Å². The molecule has 2 aromatic heterocycles. The fraction of sp³-hybridized carbons (Fsp3) is 0.300. The molecule has 0 spiro atoms. The van der Waals surface area contributed by atoms with Gasteiger partial charge in [-0.05, 0) is 55.6 Å². The molecule has 1 saturated heterocycles. The number of H-pyrrole nitrogens is 1. The molecule has 26 heavy (non-hydrogen) atoms. The molecule has 0 bridgehead atoms. The van der Waals surface area contributed by atoms with Crippen LogP contribution >= 0.6 is 11.6 Å². The van der Waals surface area contributed by atoms with Gasteiger partial charge in [0.1, 0.15) is 5.15 Å². The van der Waals surface area contributed by atoms with Crippen molar-refractivity contribution in [2.45, 2.75) is 12.8 Å². The van der Waals surface area contributed by atoms with Gasteiger partial charge in [-0.3, -0.25) is 4.79 Å². The molecular weight excluding hydrogens is 348 g/mol. The van der Waals surface area contributed by atoms with Crippen LogP contribution in [0.25, 0.3) is 22.0 Å². The molecule has 1 amide bonds. The maximum Gasteiger partial charge on any atom is 0.253 e. The van der Waals surface area contributed by atoms with Crippen molar-refractivity contribution in [3.8, 4) is 11.1 Å². The number of hydrogen-bond acceptors (Lipinski definition) is 3. The van der Waals surface area contributed by atoms with Crippen LogP contribution in [-0.2, 0) is 0 Å². The zero-order valence-corrected chi connectivity index (χ0v) is 15.1. The van der Waals surface area contributed by atoms with Crippen molar-refractivity contribution >= 4 is 28.4 Å². The summed E-state index contributed by atoms with van der Waals surface area (Å²) in [5.74, 6) is 0.546. The second kappa shape index (κ2) is 7.48. The Labute approximate surface area is 157 Å². The summed E-state index contributed by atoms with van der Waals surface area (Å²) < 4.78 is 0. The summed E-state index contributed by atoms with van der Waals surface area (Å²) in [6.45, 7) is 2.81. The Kier molecular flexibility index (Phi) is 4.91. The highest BCUT2D eigenvalue weighted by Crippen LogP contribution is 2.26. The minimum Gasteiger partial charge on any atom is -0.360 e.